The lowest BCUT2D eigenvalue weighted by Crippen LogP contribution is -2.41. The molecule has 1 saturated carbocycles. The van der Waals surface area contributed by atoms with E-state index in [2.05, 4.69) is 15.2 Å². The molecule has 1 fully saturated rings. The fraction of sp³-hybridized carbons (Fsp3) is 0.182. The van der Waals surface area contributed by atoms with E-state index in [1.54, 1.807) is 30.5 Å². The van der Waals surface area contributed by atoms with E-state index >= 15 is 0 Å². The summed E-state index contributed by atoms with van der Waals surface area (Å²) in [5, 5.41) is 7.12. The van der Waals surface area contributed by atoms with Crippen LogP contribution in [0.25, 0.3) is 33.8 Å². The van der Waals surface area contributed by atoms with Crippen molar-refractivity contribution in [3.63, 3.8) is 0 Å². The number of aromatic nitrogens is 3. The Hall–Kier alpha value is -3.94. The van der Waals surface area contributed by atoms with E-state index in [0.717, 1.165) is 45.6 Å². The Morgan fingerprint density at radius 1 is 1.17 bits per heavy atom. The summed E-state index contributed by atoms with van der Waals surface area (Å²) in [5.74, 6) is 0.101. The topological polar surface area (TPSA) is 118 Å². The highest BCUT2D eigenvalue weighted by atomic mass is 16.3. The number of rotatable bonds is 4. The molecule has 0 spiro atoms. The molecular weight excluding hydrogens is 382 g/mol. The average molecular weight is 401 g/mol. The molecule has 2 aromatic carbocycles. The Labute approximate surface area is 171 Å². The van der Waals surface area contributed by atoms with Gasteiger partial charge in [-0.3, -0.25) is 9.89 Å². The number of carbonyl (C=O) groups excluding carboxylic acids is 2. The van der Waals surface area contributed by atoms with Gasteiger partial charge in [0.2, 0.25) is 11.8 Å². The highest BCUT2D eigenvalue weighted by molar-refractivity contribution is 6.15. The fourth-order valence-corrected chi connectivity index (χ4v) is 3.47. The van der Waals surface area contributed by atoms with E-state index < -0.39 is 6.03 Å². The molecule has 0 saturated heterocycles. The van der Waals surface area contributed by atoms with Crippen LogP contribution in [0.3, 0.4) is 0 Å². The molecule has 5 rings (SSSR count). The number of oxazole rings is 1. The van der Waals surface area contributed by atoms with Crippen molar-refractivity contribution in [3.8, 4) is 22.7 Å². The number of aryl methyl sites for hydroxylation is 1. The molecule has 3 N–H and O–H groups in total. The normalized spacial score (nSPS) is 13.5. The molecule has 8 heteroatoms. The lowest BCUT2D eigenvalue weighted by molar-refractivity contribution is -0.119. The summed E-state index contributed by atoms with van der Waals surface area (Å²) in [6.45, 7) is 2.00. The molecule has 0 radical (unpaired) electrons. The van der Waals surface area contributed by atoms with Gasteiger partial charge in [0, 0.05) is 11.5 Å². The van der Waals surface area contributed by atoms with Crippen molar-refractivity contribution in [1.82, 2.24) is 15.2 Å². The van der Waals surface area contributed by atoms with Crippen molar-refractivity contribution in [3.05, 3.63) is 54.2 Å². The summed E-state index contributed by atoms with van der Waals surface area (Å²) in [6, 6.07) is 12.1. The number of H-pyrrole nitrogens is 1. The molecule has 0 bridgehead atoms. The number of carbonyl (C=O) groups is 2. The number of imide groups is 1. The van der Waals surface area contributed by atoms with Gasteiger partial charge in [0.05, 0.1) is 23.1 Å². The van der Waals surface area contributed by atoms with Crippen molar-refractivity contribution in [1.29, 1.82) is 0 Å². The number of urea groups is 1. The molecular formula is C22H19N5O3. The number of primary amides is 1. The Bertz CT molecular complexity index is 1270. The van der Waals surface area contributed by atoms with Crippen LogP contribution in [-0.2, 0) is 4.79 Å². The van der Waals surface area contributed by atoms with E-state index in [9.17, 15) is 9.59 Å². The zero-order valence-corrected chi connectivity index (χ0v) is 16.3. The molecule has 30 heavy (non-hydrogen) atoms. The number of aromatic amines is 1. The smallest absolute Gasteiger partial charge is 0.326 e. The number of benzene rings is 2. The van der Waals surface area contributed by atoms with Gasteiger partial charge in [-0.25, -0.2) is 14.7 Å². The number of hydrogen-bond donors (Lipinski definition) is 2. The van der Waals surface area contributed by atoms with Crippen LogP contribution >= 0.6 is 0 Å². The second-order valence-electron chi connectivity index (χ2n) is 7.48. The van der Waals surface area contributed by atoms with Gasteiger partial charge in [0.25, 0.3) is 0 Å². The lowest BCUT2D eigenvalue weighted by atomic mass is 10.1. The number of nitrogens with zero attached hydrogens (tertiary/aromatic N) is 3. The maximum atomic E-state index is 12.4. The van der Waals surface area contributed by atoms with Gasteiger partial charge in [-0.15, -0.1) is 0 Å². The SMILES string of the molecule is Cc1ccc2nc(-c3cn[nH]c3-c3ccc(N(C(N)=O)C(=O)C4CC4)cc3)oc2c1. The first kappa shape index (κ1) is 18.1. The third-order valence-electron chi connectivity index (χ3n) is 5.20. The molecule has 0 aliphatic heterocycles. The molecule has 1 aliphatic carbocycles. The van der Waals surface area contributed by atoms with Crippen molar-refractivity contribution in [2.24, 2.45) is 11.7 Å². The second kappa shape index (κ2) is 6.84. The predicted octanol–water partition coefficient (Wildman–Crippen LogP) is 4.02. The van der Waals surface area contributed by atoms with Crippen LogP contribution in [0.2, 0.25) is 0 Å². The van der Waals surface area contributed by atoms with Crippen molar-refractivity contribution in [2.75, 3.05) is 4.90 Å². The van der Waals surface area contributed by atoms with Crippen LogP contribution in [0.15, 0.2) is 53.1 Å². The van der Waals surface area contributed by atoms with E-state index in [-0.39, 0.29) is 11.8 Å². The second-order valence-corrected chi connectivity index (χ2v) is 7.48. The van der Waals surface area contributed by atoms with Crippen LogP contribution in [0, 0.1) is 12.8 Å². The molecule has 3 amide bonds. The van der Waals surface area contributed by atoms with Crippen LogP contribution < -0.4 is 10.6 Å². The number of nitrogens with two attached hydrogens (primary N) is 1. The fourth-order valence-electron chi connectivity index (χ4n) is 3.47. The molecule has 2 heterocycles. The number of nitrogens with one attached hydrogen (secondary N) is 1. The zero-order chi connectivity index (χ0) is 20.8. The summed E-state index contributed by atoms with van der Waals surface area (Å²) < 4.78 is 5.93. The summed E-state index contributed by atoms with van der Waals surface area (Å²) >= 11 is 0. The molecule has 4 aromatic rings. The summed E-state index contributed by atoms with van der Waals surface area (Å²) in [7, 11) is 0. The van der Waals surface area contributed by atoms with Crippen LogP contribution in [-0.4, -0.2) is 27.1 Å². The quantitative estimate of drug-likeness (QED) is 0.535. The summed E-state index contributed by atoms with van der Waals surface area (Å²) in [4.78, 5) is 29.8. The number of amides is 3. The van der Waals surface area contributed by atoms with Gasteiger partial charge < -0.3 is 10.2 Å². The number of fused-ring (bicyclic) bond motifs is 1. The minimum Gasteiger partial charge on any atom is -0.436 e. The van der Waals surface area contributed by atoms with Gasteiger partial charge in [-0.1, -0.05) is 18.2 Å². The van der Waals surface area contributed by atoms with Crippen LogP contribution in [0.4, 0.5) is 10.5 Å². The highest BCUT2D eigenvalue weighted by Crippen LogP contribution is 2.35. The van der Waals surface area contributed by atoms with E-state index in [1.807, 2.05) is 25.1 Å². The van der Waals surface area contributed by atoms with Crippen molar-refractivity contribution >= 4 is 28.7 Å². The number of anilines is 1. The van der Waals surface area contributed by atoms with E-state index in [0.29, 0.717) is 17.2 Å². The minimum absolute atomic E-state index is 0.112. The maximum Gasteiger partial charge on any atom is 0.326 e. The highest BCUT2D eigenvalue weighted by Gasteiger charge is 2.36. The van der Waals surface area contributed by atoms with E-state index in [4.69, 9.17) is 10.2 Å². The molecule has 150 valence electrons. The van der Waals surface area contributed by atoms with Crippen molar-refractivity contribution < 1.29 is 14.0 Å². The monoisotopic (exact) mass is 401 g/mol. The Morgan fingerprint density at radius 3 is 2.63 bits per heavy atom. The first-order chi connectivity index (χ1) is 14.5. The van der Waals surface area contributed by atoms with Gasteiger partial charge >= 0.3 is 6.03 Å². The van der Waals surface area contributed by atoms with Crippen molar-refractivity contribution in [2.45, 2.75) is 19.8 Å². The average Bonchev–Trinajstić information content (AvgIpc) is 3.31. The Balaban J connectivity index is 1.49. The Morgan fingerprint density at radius 2 is 1.93 bits per heavy atom. The zero-order valence-electron chi connectivity index (χ0n) is 16.3. The third kappa shape index (κ3) is 3.12. The largest absolute Gasteiger partial charge is 0.436 e. The molecule has 0 atom stereocenters. The summed E-state index contributed by atoms with van der Waals surface area (Å²) in [6.07, 6.45) is 3.25. The molecule has 2 aromatic heterocycles. The minimum atomic E-state index is -0.774. The molecule has 1 aliphatic rings. The van der Waals surface area contributed by atoms with Gasteiger partial charge in [0.1, 0.15) is 5.52 Å². The number of hydrogen-bond acceptors (Lipinski definition) is 5. The van der Waals surface area contributed by atoms with E-state index in [1.165, 1.54) is 0 Å². The third-order valence-corrected chi connectivity index (χ3v) is 5.20. The van der Waals surface area contributed by atoms with Gasteiger partial charge in [-0.2, -0.15) is 5.10 Å². The first-order valence-corrected chi connectivity index (χ1v) is 9.66. The van der Waals surface area contributed by atoms with Crippen LogP contribution in [0.5, 0.6) is 0 Å². The molecule has 0 unspecified atom stereocenters. The van der Waals surface area contributed by atoms with Gasteiger partial charge in [-0.05, 0) is 49.6 Å². The predicted molar refractivity (Wildman–Crippen MR) is 112 cm³/mol. The van der Waals surface area contributed by atoms with Gasteiger partial charge in [0.15, 0.2) is 5.58 Å². The van der Waals surface area contributed by atoms with Crippen LogP contribution in [0.1, 0.15) is 18.4 Å². The summed E-state index contributed by atoms with van der Waals surface area (Å²) in [5.41, 5.74) is 10.7. The Kier molecular flexibility index (Phi) is 4.13. The lowest BCUT2D eigenvalue weighted by Gasteiger charge is -2.18. The molecule has 8 nitrogen and oxygen atoms in total. The maximum absolute atomic E-state index is 12.4. The first-order valence-electron chi connectivity index (χ1n) is 9.66. The standard InChI is InChI=1S/C22H19N5O3/c1-12-2-9-17-18(10-12)30-20(25-17)16-11-24-26-19(16)13-5-7-15(8-6-13)27(22(23)29)21(28)14-3-4-14/h2,5-11,14H,3-4H2,1H3,(H2,23,29)(H,24,26).